The fourth-order valence-corrected chi connectivity index (χ4v) is 1.19. The highest BCUT2D eigenvalue weighted by Crippen LogP contribution is 2.27. The molecule has 19 heavy (non-hydrogen) atoms. The molecule has 0 aliphatic rings. The fourth-order valence-electron chi connectivity index (χ4n) is 1.19. The van der Waals surface area contributed by atoms with Gasteiger partial charge >= 0.3 is 6.18 Å². The van der Waals surface area contributed by atoms with Crippen molar-refractivity contribution >= 4 is 5.91 Å². The summed E-state index contributed by atoms with van der Waals surface area (Å²) in [5.74, 6) is -0.526. The molecule has 0 spiro atoms. The first-order valence-electron chi connectivity index (χ1n) is 5.27. The van der Waals surface area contributed by atoms with E-state index in [0.29, 0.717) is 6.42 Å². The number of rotatable bonds is 5. The van der Waals surface area contributed by atoms with E-state index in [-0.39, 0.29) is 18.7 Å². The molecule has 0 unspecified atom stereocenters. The molecular weight excluding hydrogens is 263 g/mol. The first-order chi connectivity index (χ1) is 8.95. The zero-order valence-electron chi connectivity index (χ0n) is 9.68. The number of hydrogen-bond donors (Lipinski definition) is 1. The Kier molecular flexibility index (Phi) is 5.13. The molecule has 1 rings (SSSR count). The summed E-state index contributed by atoms with van der Waals surface area (Å²) in [7, 11) is 0. The number of amides is 1. The minimum absolute atomic E-state index is 0.0387. The molecule has 0 radical (unpaired) electrons. The molecule has 0 fully saturated rings. The number of carbonyl (C=O) groups excluding carboxylic acids is 1. The Morgan fingerprint density at radius 2 is 2.21 bits per heavy atom. The highest BCUT2D eigenvalue weighted by molar-refractivity contribution is 5.93. The largest absolute Gasteiger partial charge is 0.433 e. The molecule has 0 aromatic carbocycles. The van der Waals surface area contributed by atoms with Gasteiger partial charge in [-0.05, 0) is 24.1 Å². The zero-order valence-corrected chi connectivity index (χ0v) is 9.68. The molecule has 0 aliphatic carbocycles. The van der Waals surface area contributed by atoms with E-state index in [0.717, 1.165) is 18.3 Å². The van der Waals surface area contributed by atoms with Gasteiger partial charge in [0, 0.05) is 24.2 Å². The van der Waals surface area contributed by atoms with Crippen molar-refractivity contribution in [1.82, 2.24) is 10.3 Å². The van der Waals surface area contributed by atoms with Gasteiger partial charge in [0.15, 0.2) is 0 Å². The van der Waals surface area contributed by atoms with E-state index in [1.165, 1.54) is 0 Å². The molecule has 1 aromatic rings. The summed E-state index contributed by atoms with van der Waals surface area (Å²) in [6.07, 6.45) is -3.21. The van der Waals surface area contributed by atoms with Crippen molar-refractivity contribution in [3.8, 4) is 0 Å². The van der Waals surface area contributed by atoms with Crippen LogP contribution < -0.4 is 5.32 Å². The molecule has 9 heteroatoms. The van der Waals surface area contributed by atoms with Crippen molar-refractivity contribution in [3.63, 3.8) is 0 Å². The number of hydrogen-bond acceptors (Lipinski definition) is 3. The lowest BCUT2D eigenvalue weighted by molar-refractivity contribution is -0.141. The van der Waals surface area contributed by atoms with E-state index in [1.54, 1.807) is 0 Å². The third kappa shape index (κ3) is 4.84. The Labute approximate surface area is 106 Å². The SMILES string of the molecule is [N-]=[N+]=NCCCNC(=O)c1ccc(C(F)(F)F)nc1. The van der Waals surface area contributed by atoms with Crippen LogP contribution in [0, 0.1) is 0 Å². The molecule has 1 aromatic heterocycles. The molecule has 0 atom stereocenters. The molecule has 0 aliphatic heterocycles. The van der Waals surface area contributed by atoms with Gasteiger partial charge in [-0.1, -0.05) is 5.11 Å². The number of nitrogens with zero attached hydrogens (tertiary/aromatic N) is 4. The molecule has 0 saturated carbocycles. The Morgan fingerprint density at radius 1 is 1.47 bits per heavy atom. The predicted octanol–water partition coefficient (Wildman–Crippen LogP) is 2.53. The van der Waals surface area contributed by atoms with Crippen LogP contribution in [0.2, 0.25) is 0 Å². The summed E-state index contributed by atoms with van der Waals surface area (Å²) in [5, 5.41) is 5.74. The van der Waals surface area contributed by atoms with Crippen molar-refractivity contribution in [1.29, 1.82) is 0 Å². The average Bonchev–Trinajstić information content (AvgIpc) is 2.37. The van der Waals surface area contributed by atoms with Gasteiger partial charge in [-0.25, -0.2) is 0 Å². The van der Waals surface area contributed by atoms with Crippen molar-refractivity contribution in [2.24, 2.45) is 5.11 Å². The van der Waals surface area contributed by atoms with Crippen molar-refractivity contribution < 1.29 is 18.0 Å². The summed E-state index contributed by atoms with van der Waals surface area (Å²) in [4.78, 5) is 17.2. The fraction of sp³-hybridized carbons (Fsp3) is 0.400. The number of carbonyl (C=O) groups is 1. The van der Waals surface area contributed by atoms with Gasteiger partial charge in [0.05, 0.1) is 5.56 Å². The number of halogens is 3. The standard InChI is InChI=1S/C10H10F3N5O/c11-10(12,13)8-3-2-7(6-16-8)9(19)15-4-1-5-17-18-14/h2-3,6H,1,4-5H2,(H,15,19). The lowest BCUT2D eigenvalue weighted by Gasteiger charge is -2.07. The molecule has 6 nitrogen and oxygen atoms in total. The van der Waals surface area contributed by atoms with E-state index in [1.807, 2.05) is 0 Å². The van der Waals surface area contributed by atoms with Crippen molar-refractivity contribution in [3.05, 3.63) is 40.0 Å². The van der Waals surface area contributed by atoms with E-state index < -0.39 is 17.8 Å². The first kappa shape index (κ1) is 14.8. The second-order valence-electron chi connectivity index (χ2n) is 3.49. The Morgan fingerprint density at radius 3 is 2.74 bits per heavy atom. The van der Waals surface area contributed by atoms with Crippen LogP contribution >= 0.6 is 0 Å². The monoisotopic (exact) mass is 273 g/mol. The summed E-state index contributed by atoms with van der Waals surface area (Å²) in [5.41, 5.74) is 7.01. The second kappa shape index (κ2) is 6.60. The molecule has 102 valence electrons. The Bertz CT molecular complexity index is 479. The number of pyridine rings is 1. The molecule has 1 N–H and O–H groups in total. The van der Waals surface area contributed by atoms with Crippen LogP contribution in [0.15, 0.2) is 23.4 Å². The second-order valence-corrected chi connectivity index (χ2v) is 3.49. The molecule has 1 heterocycles. The van der Waals surface area contributed by atoms with Gasteiger partial charge in [-0.2, -0.15) is 13.2 Å². The minimum atomic E-state index is -4.52. The van der Waals surface area contributed by atoms with Gasteiger partial charge < -0.3 is 5.32 Å². The number of alkyl halides is 3. The van der Waals surface area contributed by atoms with Crippen LogP contribution in [0.25, 0.3) is 10.4 Å². The van der Waals surface area contributed by atoms with Crippen LogP contribution in [0.5, 0.6) is 0 Å². The predicted molar refractivity (Wildman–Crippen MR) is 60.2 cm³/mol. The van der Waals surface area contributed by atoms with Gasteiger partial charge in [0.2, 0.25) is 0 Å². The van der Waals surface area contributed by atoms with Crippen LogP contribution in [-0.2, 0) is 6.18 Å². The van der Waals surface area contributed by atoms with E-state index >= 15 is 0 Å². The molecule has 0 bridgehead atoms. The first-order valence-corrected chi connectivity index (χ1v) is 5.27. The summed E-state index contributed by atoms with van der Waals surface area (Å²) >= 11 is 0. The third-order valence-electron chi connectivity index (χ3n) is 2.10. The average molecular weight is 273 g/mol. The van der Waals surface area contributed by atoms with E-state index in [2.05, 4.69) is 20.3 Å². The Balaban J connectivity index is 2.51. The van der Waals surface area contributed by atoms with Crippen LogP contribution in [0.3, 0.4) is 0 Å². The van der Waals surface area contributed by atoms with Crippen LogP contribution in [0.1, 0.15) is 22.5 Å². The normalized spacial score (nSPS) is 10.7. The smallest absolute Gasteiger partial charge is 0.352 e. The van der Waals surface area contributed by atoms with Gasteiger partial charge in [-0.3, -0.25) is 9.78 Å². The molecule has 1 amide bonds. The summed E-state index contributed by atoms with van der Waals surface area (Å²) in [6, 6.07) is 1.80. The van der Waals surface area contributed by atoms with Gasteiger partial charge in [0.1, 0.15) is 5.69 Å². The van der Waals surface area contributed by atoms with Gasteiger partial charge in [0.25, 0.3) is 5.91 Å². The van der Waals surface area contributed by atoms with Gasteiger partial charge in [-0.15, -0.1) is 0 Å². The zero-order chi connectivity index (χ0) is 14.3. The highest BCUT2D eigenvalue weighted by atomic mass is 19.4. The summed E-state index contributed by atoms with van der Waals surface area (Å²) < 4.78 is 36.7. The third-order valence-corrected chi connectivity index (χ3v) is 2.10. The van der Waals surface area contributed by atoms with Crippen molar-refractivity contribution in [2.75, 3.05) is 13.1 Å². The van der Waals surface area contributed by atoms with E-state index in [4.69, 9.17) is 5.53 Å². The maximum Gasteiger partial charge on any atom is 0.433 e. The number of aromatic nitrogens is 1. The van der Waals surface area contributed by atoms with E-state index in [9.17, 15) is 18.0 Å². The van der Waals surface area contributed by atoms with Crippen LogP contribution in [0.4, 0.5) is 13.2 Å². The topological polar surface area (TPSA) is 90.8 Å². The lowest BCUT2D eigenvalue weighted by Crippen LogP contribution is -2.25. The molecular formula is C10H10F3N5O. The maximum absolute atomic E-state index is 12.2. The Hall–Kier alpha value is -2.28. The minimum Gasteiger partial charge on any atom is -0.352 e. The lowest BCUT2D eigenvalue weighted by atomic mass is 10.2. The number of azide groups is 1. The summed E-state index contributed by atoms with van der Waals surface area (Å²) in [6.45, 7) is 0.501. The van der Waals surface area contributed by atoms with Crippen molar-refractivity contribution in [2.45, 2.75) is 12.6 Å². The highest BCUT2D eigenvalue weighted by Gasteiger charge is 2.32. The quantitative estimate of drug-likeness (QED) is 0.386. The maximum atomic E-state index is 12.2. The molecule has 0 saturated heterocycles. The van der Waals surface area contributed by atoms with Crippen LogP contribution in [-0.4, -0.2) is 24.0 Å². The number of nitrogens with one attached hydrogen (secondary N) is 1.